The van der Waals surface area contributed by atoms with Crippen molar-refractivity contribution in [3.05, 3.63) is 11.6 Å². The minimum atomic E-state index is 0.346. The van der Waals surface area contributed by atoms with Crippen molar-refractivity contribution in [3.63, 3.8) is 0 Å². The van der Waals surface area contributed by atoms with E-state index in [2.05, 4.69) is 54.5 Å². The van der Waals surface area contributed by atoms with Gasteiger partial charge in [0.15, 0.2) is 0 Å². The summed E-state index contributed by atoms with van der Waals surface area (Å²) in [6.07, 6.45) is 5.07. The average molecular weight is 194 g/mol. The van der Waals surface area contributed by atoms with Crippen LogP contribution < -0.4 is 0 Å². The molecule has 1 aliphatic carbocycles. The Morgan fingerprint density at radius 3 is 1.57 bits per heavy atom. The molecule has 0 N–H and O–H groups in total. The lowest BCUT2D eigenvalue weighted by molar-refractivity contribution is 0.0337. The van der Waals surface area contributed by atoms with E-state index in [0.29, 0.717) is 16.2 Å². The summed E-state index contributed by atoms with van der Waals surface area (Å²) in [5.41, 5.74) is 2.72. The summed E-state index contributed by atoms with van der Waals surface area (Å²) in [5, 5.41) is 0. The number of hydrogen-bond acceptors (Lipinski definition) is 0. The SMILES string of the molecule is CCC1(CC)C=C(C)C(C)(C)C1(C)C. The second kappa shape index (κ2) is 3.12. The van der Waals surface area contributed by atoms with Gasteiger partial charge in [-0.05, 0) is 36.0 Å². The Labute approximate surface area is 89.8 Å². The molecule has 14 heavy (non-hydrogen) atoms. The van der Waals surface area contributed by atoms with Crippen LogP contribution in [0.4, 0.5) is 0 Å². The highest BCUT2D eigenvalue weighted by Crippen LogP contribution is 2.63. The summed E-state index contributed by atoms with van der Waals surface area (Å²) in [7, 11) is 0. The van der Waals surface area contributed by atoms with Crippen LogP contribution in [0, 0.1) is 16.2 Å². The van der Waals surface area contributed by atoms with Gasteiger partial charge in [0.25, 0.3) is 0 Å². The smallest absolute Gasteiger partial charge is 0.00614 e. The molecule has 0 aliphatic heterocycles. The van der Waals surface area contributed by atoms with Crippen LogP contribution in [0.1, 0.15) is 61.3 Å². The third kappa shape index (κ3) is 1.12. The van der Waals surface area contributed by atoms with Gasteiger partial charge in [-0.2, -0.15) is 0 Å². The van der Waals surface area contributed by atoms with Gasteiger partial charge in [0.05, 0.1) is 0 Å². The van der Waals surface area contributed by atoms with Gasteiger partial charge in [-0.3, -0.25) is 0 Å². The van der Waals surface area contributed by atoms with Gasteiger partial charge >= 0.3 is 0 Å². The summed E-state index contributed by atoms with van der Waals surface area (Å²) in [5.74, 6) is 0. The summed E-state index contributed by atoms with van der Waals surface area (Å²) >= 11 is 0. The zero-order valence-corrected chi connectivity index (χ0v) is 11.0. The molecule has 1 rings (SSSR count). The lowest BCUT2D eigenvalue weighted by Gasteiger charge is -2.48. The molecular formula is C14H26. The maximum absolute atomic E-state index is 2.55. The average Bonchev–Trinajstić information content (AvgIpc) is 2.24. The molecule has 0 nitrogen and oxygen atoms in total. The Morgan fingerprint density at radius 2 is 1.43 bits per heavy atom. The van der Waals surface area contributed by atoms with Crippen molar-refractivity contribution in [3.8, 4) is 0 Å². The largest absolute Gasteiger partial charge is 0.0783 e. The molecule has 0 aromatic rings. The van der Waals surface area contributed by atoms with Gasteiger partial charge in [-0.25, -0.2) is 0 Å². The standard InChI is InChI=1S/C14H26/c1-8-14(9-2)10-11(3)12(4,5)13(14,6)7/h10H,8-9H2,1-7H3. The minimum absolute atomic E-state index is 0.346. The highest BCUT2D eigenvalue weighted by molar-refractivity contribution is 5.29. The van der Waals surface area contributed by atoms with E-state index in [1.807, 2.05) is 0 Å². The van der Waals surface area contributed by atoms with Crippen LogP contribution in [0.2, 0.25) is 0 Å². The molecule has 0 aromatic heterocycles. The first kappa shape index (κ1) is 11.8. The Hall–Kier alpha value is -0.260. The summed E-state index contributed by atoms with van der Waals surface area (Å²) in [6, 6.07) is 0. The lowest BCUT2D eigenvalue weighted by atomic mass is 9.56. The quantitative estimate of drug-likeness (QED) is 0.554. The van der Waals surface area contributed by atoms with Crippen LogP contribution in [0.15, 0.2) is 11.6 Å². The highest BCUT2D eigenvalue weighted by atomic mass is 14.6. The molecule has 0 unspecified atom stereocenters. The molecule has 0 heterocycles. The molecule has 1 aliphatic rings. The fourth-order valence-electron chi connectivity index (χ4n) is 3.23. The van der Waals surface area contributed by atoms with Crippen LogP contribution in [-0.2, 0) is 0 Å². The molecular weight excluding hydrogens is 168 g/mol. The van der Waals surface area contributed by atoms with Crippen molar-refractivity contribution < 1.29 is 0 Å². The monoisotopic (exact) mass is 194 g/mol. The van der Waals surface area contributed by atoms with Gasteiger partial charge < -0.3 is 0 Å². The number of hydrogen-bond donors (Lipinski definition) is 0. The molecule has 0 saturated heterocycles. The van der Waals surface area contributed by atoms with Crippen LogP contribution in [0.5, 0.6) is 0 Å². The van der Waals surface area contributed by atoms with Gasteiger partial charge in [-0.1, -0.05) is 53.2 Å². The molecule has 0 heteroatoms. The van der Waals surface area contributed by atoms with Gasteiger partial charge in [0.2, 0.25) is 0 Å². The van der Waals surface area contributed by atoms with E-state index < -0.39 is 0 Å². The van der Waals surface area contributed by atoms with E-state index >= 15 is 0 Å². The molecule has 0 saturated carbocycles. The first-order valence-corrected chi connectivity index (χ1v) is 5.95. The third-order valence-corrected chi connectivity index (χ3v) is 5.55. The Bertz CT molecular complexity index is 249. The lowest BCUT2D eigenvalue weighted by Crippen LogP contribution is -2.41. The molecule has 0 spiro atoms. The van der Waals surface area contributed by atoms with Crippen molar-refractivity contribution in [2.45, 2.75) is 61.3 Å². The van der Waals surface area contributed by atoms with Gasteiger partial charge in [0.1, 0.15) is 0 Å². The van der Waals surface area contributed by atoms with Crippen molar-refractivity contribution in [2.24, 2.45) is 16.2 Å². The van der Waals surface area contributed by atoms with Crippen LogP contribution >= 0.6 is 0 Å². The minimum Gasteiger partial charge on any atom is -0.0783 e. The van der Waals surface area contributed by atoms with Crippen molar-refractivity contribution >= 4 is 0 Å². The normalized spacial score (nSPS) is 27.5. The Morgan fingerprint density at radius 1 is 1.00 bits per heavy atom. The van der Waals surface area contributed by atoms with Crippen LogP contribution in [-0.4, -0.2) is 0 Å². The van der Waals surface area contributed by atoms with Gasteiger partial charge in [-0.15, -0.1) is 0 Å². The van der Waals surface area contributed by atoms with Crippen LogP contribution in [0.25, 0.3) is 0 Å². The zero-order valence-electron chi connectivity index (χ0n) is 11.0. The Kier molecular flexibility index (Phi) is 2.63. The first-order chi connectivity index (χ1) is 6.25. The van der Waals surface area contributed by atoms with E-state index in [9.17, 15) is 0 Å². The fraction of sp³-hybridized carbons (Fsp3) is 0.857. The predicted molar refractivity (Wildman–Crippen MR) is 64.3 cm³/mol. The zero-order chi connectivity index (χ0) is 11.2. The maximum Gasteiger partial charge on any atom is -0.00614 e. The second-order valence-electron chi connectivity index (χ2n) is 5.94. The Balaban J connectivity index is 3.27. The van der Waals surface area contributed by atoms with E-state index in [-0.39, 0.29) is 0 Å². The second-order valence-corrected chi connectivity index (χ2v) is 5.94. The van der Waals surface area contributed by atoms with Gasteiger partial charge in [0, 0.05) is 0 Å². The highest BCUT2D eigenvalue weighted by Gasteiger charge is 2.55. The van der Waals surface area contributed by atoms with Crippen molar-refractivity contribution in [1.29, 1.82) is 0 Å². The number of rotatable bonds is 2. The maximum atomic E-state index is 2.55. The third-order valence-electron chi connectivity index (χ3n) is 5.55. The van der Waals surface area contributed by atoms with E-state index in [0.717, 1.165) is 0 Å². The van der Waals surface area contributed by atoms with E-state index in [4.69, 9.17) is 0 Å². The summed E-state index contributed by atoms with van der Waals surface area (Å²) in [6.45, 7) is 16.6. The molecule has 82 valence electrons. The van der Waals surface area contributed by atoms with Crippen molar-refractivity contribution in [1.82, 2.24) is 0 Å². The molecule has 0 fully saturated rings. The number of allylic oxidation sites excluding steroid dienone is 2. The molecule has 0 aromatic carbocycles. The fourth-order valence-corrected chi connectivity index (χ4v) is 3.23. The predicted octanol–water partition coefficient (Wildman–Crippen LogP) is 4.81. The van der Waals surface area contributed by atoms with E-state index in [1.54, 1.807) is 5.57 Å². The molecule has 0 radical (unpaired) electrons. The summed E-state index contributed by atoms with van der Waals surface area (Å²) < 4.78 is 0. The molecule has 0 atom stereocenters. The topological polar surface area (TPSA) is 0 Å². The van der Waals surface area contributed by atoms with Crippen molar-refractivity contribution in [2.75, 3.05) is 0 Å². The van der Waals surface area contributed by atoms with Crippen LogP contribution in [0.3, 0.4) is 0 Å². The summed E-state index contributed by atoms with van der Waals surface area (Å²) in [4.78, 5) is 0. The molecule has 0 bridgehead atoms. The first-order valence-electron chi connectivity index (χ1n) is 5.95. The molecule has 0 amide bonds. The van der Waals surface area contributed by atoms with E-state index in [1.165, 1.54) is 12.8 Å².